The number of aromatic amines is 1. The molecular formula is C21H22N4O2. The van der Waals surface area contributed by atoms with Crippen molar-refractivity contribution in [3.63, 3.8) is 0 Å². The van der Waals surface area contributed by atoms with Crippen LogP contribution in [0.25, 0.3) is 0 Å². The Balaban J connectivity index is 1.49. The molecular weight excluding hydrogens is 340 g/mol. The van der Waals surface area contributed by atoms with Crippen LogP contribution in [0.2, 0.25) is 0 Å². The number of carbonyl (C=O) groups is 1. The molecule has 0 bridgehead atoms. The summed E-state index contributed by atoms with van der Waals surface area (Å²) in [7, 11) is 1.67. The minimum atomic E-state index is 0.0309. The van der Waals surface area contributed by atoms with Gasteiger partial charge in [-0.05, 0) is 42.7 Å². The van der Waals surface area contributed by atoms with Crippen LogP contribution >= 0.6 is 0 Å². The molecule has 1 fully saturated rings. The summed E-state index contributed by atoms with van der Waals surface area (Å²) in [5.41, 5.74) is 3.92. The number of carbonyl (C=O) groups excluding carboxylic acids is 1. The fraction of sp³-hybridized carbons (Fsp3) is 0.333. The molecule has 138 valence electrons. The SMILES string of the molecule is COc1cccc(C2CN(C(=O)c3cccn3C3CC3)Cc3[nH]cnc32)c1. The average molecular weight is 362 g/mol. The Labute approximate surface area is 157 Å². The van der Waals surface area contributed by atoms with Crippen molar-refractivity contribution in [1.82, 2.24) is 19.4 Å². The molecule has 27 heavy (non-hydrogen) atoms. The third kappa shape index (κ3) is 2.81. The molecule has 2 aromatic heterocycles. The molecule has 1 aromatic carbocycles. The van der Waals surface area contributed by atoms with Gasteiger partial charge in [-0.1, -0.05) is 12.1 Å². The molecule has 1 amide bonds. The van der Waals surface area contributed by atoms with Gasteiger partial charge in [0.2, 0.25) is 0 Å². The molecule has 1 atom stereocenters. The van der Waals surface area contributed by atoms with E-state index in [1.54, 1.807) is 13.4 Å². The van der Waals surface area contributed by atoms with Crippen LogP contribution in [0.1, 0.15) is 52.2 Å². The maximum atomic E-state index is 13.3. The lowest BCUT2D eigenvalue weighted by Gasteiger charge is -2.32. The van der Waals surface area contributed by atoms with Gasteiger partial charge >= 0.3 is 0 Å². The lowest BCUT2D eigenvalue weighted by atomic mass is 9.90. The number of amides is 1. The highest BCUT2D eigenvalue weighted by molar-refractivity contribution is 5.93. The Bertz CT molecular complexity index is 985. The summed E-state index contributed by atoms with van der Waals surface area (Å²) in [4.78, 5) is 23.0. The van der Waals surface area contributed by atoms with Crippen molar-refractivity contribution in [1.29, 1.82) is 0 Å². The van der Waals surface area contributed by atoms with Crippen molar-refractivity contribution in [3.8, 4) is 5.75 Å². The molecule has 0 spiro atoms. The molecule has 0 saturated heterocycles. The van der Waals surface area contributed by atoms with Gasteiger partial charge in [-0.25, -0.2) is 4.98 Å². The third-order valence-corrected chi connectivity index (χ3v) is 5.56. The predicted molar refractivity (Wildman–Crippen MR) is 101 cm³/mol. The summed E-state index contributed by atoms with van der Waals surface area (Å²) < 4.78 is 7.52. The first kappa shape index (κ1) is 16.2. The van der Waals surface area contributed by atoms with Gasteiger partial charge < -0.3 is 19.2 Å². The summed E-state index contributed by atoms with van der Waals surface area (Å²) in [5.74, 6) is 0.930. The van der Waals surface area contributed by atoms with Gasteiger partial charge in [0.1, 0.15) is 11.4 Å². The molecule has 1 unspecified atom stereocenters. The lowest BCUT2D eigenvalue weighted by molar-refractivity contribution is 0.0710. The van der Waals surface area contributed by atoms with Crippen LogP contribution in [0.15, 0.2) is 48.9 Å². The van der Waals surface area contributed by atoms with Gasteiger partial charge in [0, 0.05) is 24.7 Å². The Hall–Kier alpha value is -3.02. The number of nitrogens with zero attached hydrogens (tertiary/aromatic N) is 3. The molecule has 1 N–H and O–H groups in total. The molecule has 5 rings (SSSR count). The van der Waals surface area contributed by atoms with Gasteiger partial charge in [-0.15, -0.1) is 0 Å². The molecule has 6 heteroatoms. The Morgan fingerprint density at radius 1 is 1.26 bits per heavy atom. The highest BCUT2D eigenvalue weighted by Crippen LogP contribution is 2.37. The van der Waals surface area contributed by atoms with E-state index in [0.29, 0.717) is 19.1 Å². The highest BCUT2D eigenvalue weighted by Gasteiger charge is 2.34. The number of rotatable bonds is 4. The lowest BCUT2D eigenvalue weighted by Crippen LogP contribution is -2.39. The fourth-order valence-corrected chi connectivity index (χ4v) is 4.01. The van der Waals surface area contributed by atoms with E-state index in [1.807, 2.05) is 41.4 Å². The first-order valence-electron chi connectivity index (χ1n) is 9.37. The van der Waals surface area contributed by atoms with Gasteiger partial charge in [0.05, 0.1) is 31.4 Å². The molecule has 2 aliphatic rings. The Morgan fingerprint density at radius 3 is 2.96 bits per heavy atom. The van der Waals surface area contributed by atoms with Crippen molar-refractivity contribution in [2.75, 3.05) is 13.7 Å². The standard InChI is InChI=1S/C21H22N4O2/c1-27-16-5-2-4-14(10-16)17-11-24(12-18-20(17)23-13-22-18)21(26)19-6-3-9-25(19)15-7-8-15/h2-6,9-10,13,15,17H,7-8,11-12H2,1H3,(H,22,23). The van der Waals surface area contributed by atoms with Crippen LogP contribution in [-0.2, 0) is 6.54 Å². The van der Waals surface area contributed by atoms with E-state index in [-0.39, 0.29) is 11.8 Å². The molecule has 1 aliphatic carbocycles. The number of hydrogen-bond acceptors (Lipinski definition) is 3. The molecule has 0 radical (unpaired) electrons. The summed E-state index contributed by atoms with van der Waals surface area (Å²) in [5, 5.41) is 0. The van der Waals surface area contributed by atoms with Gasteiger partial charge in [-0.3, -0.25) is 4.79 Å². The molecule has 3 aromatic rings. The number of fused-ring (bicyclic) bond motifs is 1. The molecule has 3 heterocycles. The maximum Gasteiger partial charge on any atom is 0.270 e. The van der Waals surface area contributed by atoms with Crippen LogP contribution in [-0.4, -0.2) is 39.0 Å². The second-order valence-corrected chi connectivity index (χ2v) is 7.31. The smallest absolute Gasteiger partial charge is 0.270 e. The van der Waals surface area contributed by atoms with Gasteiger partial charge in [0.25, 0.3) is 5.91 Å². The normalized spacial score (nSPS) is 19.0. The summed E-state index contributed by atoms with van der Waals surface area (Å²) in [6, 6.07) is 12.4. The van der Waals surface area contributed by atoms with E-state index in [4.69, 9.17) is 4.74 Å². The largest absolute Gasteiger partial charge is 0.497 e. The minimum absolute atomic E-state index is 0.0309. The number of aromatic nitrogens is 3. The van der Waals surface area contributed by atoms with Crippen LogP contribution in [0.5, 0.6) is 5.75 Å². The second-order valence-electron chi connectivity index (χ2n) is 7.31. The number of H-pyrrole nitrogens is 1. The number of nitrogens with one attached hydrogen (secondary N) is 1. The van der Waals surface area contributed by atoms with E-state index >= 15 is 0 Å². The molecule has 1 aliphatic heterocycles. The number of imidazole rings is 1. The van der Waals surface area contributed by atoms with E-state index in [9.17, 15) is 4.79 Å². The topological polar surface area (TPSA) is 63.1 Å². The van der Waals surface area contributed by atoms with Crippen LogP contribution < -0.4 is 4.74 Å². The summed E-state index contributed by atoms with van der Waals surface area (Å²) in [6.07, 6.45) is 6.06. The van der Waals surface area contributed by atoms with Crippen LogP contribution in [0, 0.1) is 0 Å². The van der Waals surface area contributed by atoms with Gasteiger partial charge in [-0.2, -0.15) is 0 Å². The number of hydrogen-bond donors (Lipinski definition) is 1. The van der Waals surface area contributed by atoms with Crippen molar-refractivity contribution in [3.05, 3.63) is 71.6 Å². The van der Waals surface area contributed by atoms with Crippen molar-refractivity contribution < 1.29 is 9.53 Å². The van der Waals surface area contributed by atoms with Gasteiger partial charge in [0.15, 0.2) is 0 Å². The Kier molecular flexibility index (Phi) is 3.77. The van der Waals surface area contributed by atoms with Crippen LogP contribution in [0.3, 0.4) is 0 Å². The molecule has 1 saturated carbocycles. The van der Waals surface area contributed by atoms with E-state index in [0.717, 1.165) is 41.2 Å². The number of methoxy groups -OCH3 is 1. The average Bonchev–Trinajstić information content (AvgIpc) is 3.24. The van der Waals surface area contributed by atoms with Crippen LogP contribution in [0.4, 0.5) is 0 Å². The van der Waals surface area contributed by atoms with E-state index in [1.165, 1.54) is 0 Å². The minimum Gasteiger partial charge on any atom is -0.497 e. The van der Waals surface area contributed by atoms with Crippen molar-refractivity contribution in [2.24, 2.45) is 0 Å². The summed E-state index contributed by atoms with van der Waals surface area (Å²) >= 11 is 0. The fourth-order valence-electron chi connectivity index (χ4n) is 4.01. The number of ether oxygens (including phenoxy) is 1. The predicted octanol–water partition coefficient (Wildman–Crippen LogP) is 3.34. The zero-order valence-corrected chi connectivity index (χ0v) is 15.3. The Morgan fingerprint density at radius 2 is 2.15 bits per heavy atom. The zero-order valence-electron chi connectivity index (χ0n) is 15.3. The summed E-state index contributed by atoms with van der Waals surface area (Å²) in [6.45, 7) is 1.17. The third-order valence-electron chi connectivity index (χ3n) is 5.56. The maximum absolute atomic E-state index is 13.3. The second kappa shape index (κ2) is 6.30. The molecule has 6 nitrogen and oxygen atoms in total. The monoisotopic (exact) mass is 362 g/mol. The first-order valence-corrected chi connectivity index (χ1v) is 9.37. The van der Waals surface area contributed by atoms with Crippen molar-refractivity contribution >= 4 is 5.91 Å². The van der Waals surface area contributed by atoms with E-state index < -0.39 is 0 Å². The quantitative estimate of drug-likeness (QED) is 0.774. The zero-order chi connectivity index (χ0) is 18.4. The van der Waals surface area contributed by atoms with E-state index in [2.05, 4.69) is 20.6 Å². The number of benzene rings is 1. The highest BCUT2D eigenvalue weighted by atomic mass is 16.5. The first-order chi connectivity index (χ1) is 13.2. The van der Waals surface area contributed by atoms with Crippen molar-refractivity contribution in [2.45, 2.75) is 31.3 Å².